The Bertz CT molecular complexity index is 983. The van der Waals surface area contributed by atoms with Gasteiger partial charge in [0.15, 0.2) is 5.76 Å². The van der Waals surface area contributed by atoms with Gasteiger partial charge >= 0.3 is 0 Å². The maximum absolute atomic E-state index is 12.8. The van der Waals surface area contributed by atoms with Gasteiger partial charge < -0.3 is 19.5 Å². The molecule has 2 aromatic carbocycles. The van der Waals surface area contributed by atoms with Crippen LogP contribution in [-0.4, -0.2) is 44.0 Å². The highest BCUT2D eigenvalue weighted by Gasteiger charge is 2.18. The van der Waals surface area contributed by atoms with E-state index in [1.807, 2.05) is 31.2 Å². The second-order valence-corrected chi connectivity index (χ2v) is 7.53. The van der Waals surface area contributed by atoms with Gasteiger partial charge in [0.25, 0.3) is 5.91 Å². The van der Waals surface area contributed by atoms with Crippen molar-refractivity contribution in [3.05, 3.63) is 59.4 Å². The Balaban J connectivity index is 1.49. The van der Waals surface area contributed by atoms with Gasteiger partial charge in [0, 0.05) is 48.5 Å². The minimum Gasteiger partial charge on any atom is -0.451 e. The fraction of sp³-hybridized carbons (Fsp3) is 0.348. The predicted octanol–water partition coefficient (Wildman–Crippen LogP) is 4.31. The zero-order chi connectivity index (χ0) is 19.7. The molecule has 0 unspecified atom stereocenters. The Morgan fingerprint density at radius 3 is 2.46 bits per heavy atom. The van der Waals surface area contributed by atoms with Crippen molar-refractivity contribution in [2.45, 2.75) is 20.3 Å². The van der Waals surface area contributed by atoms with Crippen LogP contribution in [0, 0.1) is 6.92 Å². The summed E-state index contributed by atoms with van der Waals surface area (Å²) in [6, 6.07) is 14.2. The molecule has 5 nitrogen and oxygen atoms in total. The van der Waals surface area contributed by atoms with Crippen LogP contribution in [0.5, 0.6) is 0 Å². The number of aryl methyl sites for hydroxylation is 2. The first kappa shape index (κ1) is 18.6. The summed E-state index contributed by atoms with van der Waals surface area (Å²) in [7, 11) is 2.15. The third-order valence-electron chi connectivity index (χ3n) is 5.61. The third-order valence-corrected chi connectivity index (χ3v) is 5.61. The number of nitrogens with one attached hydrogen (secondary N) is 1. The summed E-state index contributed by atoms with van der Waals surface area (Å²) < 4.78 is 5.84. The number of furan rings is 1. The molecule has 146 valence electrons. The lowest BCUT2D eigenvalue weighted by Gasteiger charge is -2.34. The molecule has 5 heteroatoms. The van der Waals surface area contributed by atoms with E-state index in [0.717, 1.165) is 54.8 Å². The van der Waals surface area contributed by atoms with Crippen LogP contribution in [0.15, 0.2) is 46.9 Å². The van der Waals surface area contributed by atoms with Crippen molar-refractivity contribution in [3.8, 4) is 0 Å². The van der Waals surface area contributed by atoms with Crippen molar-refractivity contribution in [1.82, 2.24) is 4.90 Å². The molecule has 0 aliphatic carbocycles. The molecule has 1 fully saturated rings. The highest BCUT2D eigenvalue weighted by atomic mass is 16.3. The molecule has 0 atom stereocenters. The fourth-order valence-electron chi connectivity index (χ4n) is 3.71. The molecule has 0 radical (unpaired) electrons. The van der Waals surface area contributed by atoms with Gasteiger partial charge in [0.2, 0.25) is 0 Å². The molecule has 0 spiro atoms. The van der Waals surface area contributed by atoms with Crippen molar-refractivity contribution in [2.24, 2.45) is 0 Å². The van der Waals surface area contributed by atoms with Crippen LogP contribution in [0.3, 0.4) is 0 Å². The summed E-state index contributed by atoms with van der Waals surface area (Å²) in [6.45, 7) is 8.26. The summed E-state index contributed by atoms with van der Waals surface area (Å²) in [5, 5.41) is 3.98. The van der Waals surface area contributed by atoms with Gasteiger partial charge in [0.05, 0.1) is 0 Å². The molecule has 4 rings (SSSR count). The van der Waals surface area contributed by atoms with E-state index in [1.54, 1.807) is 0 Å². The van der Waals surface area contributed by atoms with Crippen LogP contribution in [0.4, 0.5) is 11.4 Å². The van der Waals surface area contributed by atoms with E-state index in [0.29, 0.717) is 5.76 Å². The van der Waals surface area contributed by atoms with Gasteiger partial charge in [-0.3, -0.25) is 4.79 Å². The van der Waals surface area contributed by atoms with Gasteiger partial charge in [-0.15, -0.1) is 0 Å². The van der Waals surface area contributed by atoms with Crippen LogP contribution >= 0.6 is 0 Å². The zero-order valence-corrected chi connectivity index (χ0v) is 16.8. The van der Waals surface area contributed by atoms with E-state index < -0.39 is 0 Å². The fourth-order valence-corrected chi connectivity index (χ4v) is 3.71. The first-order chi connectivity index (χ1) is 13.5. The van der Waals surface area contributed by atoms with E-state index >= 15 is 0 Å². The Kier molecular flexibility index (Phi) is 5.09. The average Bonchev–Trinajstić information content (AvgIpc) is 3.05. The molecule has 1 amide bonds. The second-order valence-electron chi connectivity index (χ2n) is 7.53. The molecule has 0 saturated carbocycles. The number of benzene rings is 2. The quantitative estimate of drug-likeness (QED) is 0.736. The molecular weight excluding hydrogens is 350 g/mol. The summed E-state index contributed by atoms with van der Waals surface area (Å²) in [5.74, 6) is 0.172. The van der Waals surface area contributed by atoms with Crippen molar-refractivity contribution in [2.75, 3.05) is 43.4 Å². The van der Waals surface area contributed by atoms with Gasteiger partial charge in [-0.05, 0) is 62.4 Å². The lowest BCUT2D eigenvalue weighted by atomic mass is 10.1. The molecule has 1 aromatic heterocycles. The third kappa shape index (κ3) is 3.62. The molecule has 1 aliphatic rings. The highest BCUT2D eigenvalue weighted by molar-refractivity contribution is 6.06. The van der Waals surface area contributed by atoms with E-state index in [2.05, 4.69) is 47.3 Å². The molecule has 1 aliphatic heterocycles. The second kappa shape index (κ2) is 7.68. The van der Waals surface area contributed by atoms with Crippen LogP contribution < -0.4 is 10.2 Å². The number of hydrogen-bond donors (Lipinski definition) is 1. The number of hydrogen-bond acceptors (Lipinski definition) is 4. The first-order valence-electron chi connectivity index (χ1n) is 9.92. The summed E-state index contributed by atoms with van der Waals surface area (Å²) in [4.78, 5) is 17.5. The number of nitrogens with zero attached hydrogens (tertiary/aromatic N) is 2. The molecule has 1 saturated heterocycles. The number of fused-ring (bicyclic) bond motifs is 1. The average molecular weight is 377 g/mol. The van der Waals surface area contributed by atoms with Gasteiger partial charge in [0.1, 0.15) is 5.58 Å². The van der Waals surface area contributed by atoms with E-state index in [-0.39, 0.29) is 5.91 Å². The maximum atomic E-state index is 12.8. The summed E-state index contributed by atoms with van der Waals surface area (Å²) in [6.07, 6.45) is 0.960. The van der Waals surface area contributed by atoms with Crippen molar-refractivity contribution in [3.63, 3.8) is 0 Å². The number of piperazine rings is 1. The lowest BCUT2D eigenvalue weighted by molar-refractivity contribution is 0.0998. The minimum absolute atomic E-state index is 0.209. The number of rotatable bonds is 4. The van der Waals surface area contributed by atoms with Crippen molar-refractivity contribution in [1.29, 1.82) is 0 Å². The molecule has 3 aromatic rings. The van der Waals surface area contributed by atoms with Crippen LogP contribution in [0.1, 0.15) is 28.6 Å². The number of anilines is 2. The number of likely N-dealkylation sites (N-methyl/N-ethyl adjacent to an activating group) is 1. The maximum Gasteiger partial charge on any atom is 0.291 e. The minimum atomic E-state index is -0.209. The summed E-state index contributed by atoms with van der Waals surface area (Å²) >= 11 is 0. The summed E-state index contributed by atoms with van der Waals surface area (Å²) in [5.41, 5.74) is 4.85. The number of carbonyl (C=O) groups excluding carboxylic acids is 1. The van der Waals surface area contributed by atoms with Crippen molar-refractivity contribution >= 4 is 28.3 Å². The topological polar surface area (TPSA) is 48.7 Å². The largest absolute Gasteiger partial charge is 0.451 e. The standard InChI is InChI=1S/C23H27N3O2/c1-4-17-5-10-21-20(15-17)16(2)22(28-21)23(27)24-18-6-8-19(9-7-18)26-13-11-25(3)12-14-26/h5-10,15H,4,11-14H2,1-3H3,(H,24,27). The molecule has 0 bridgehead atoms. The Morgan fingerprint density at radius 1 is 1.07 bits per heavy atom. The van der Waals surface area contributed by atoms with Gasteiger partial charge in [-0.2, -0.15) is 0 Å². The van der Waals surface area contributed by atoms with Gasteiger partial charge in [-0.1, -0.05) is 13.0 Å². The van der Waals surface area contributed by atoms with Crippen molar-refractivity contribution < 1.29 is 9.21 Å². The molecule has 2 heterocycles. The van der Waals surface area contributed by atoms with Crippen LogP contribution in [0.25, 0.3) is 11.0 Å². The monoisotopic (exact) mass is 377 g/mol. The Morgan fingerprint density at radius 2 is 1.79 bits per heavy atom. The Labute approximate surface area is 165 Å². The molecule has 1 N–H and O–H groups in total. The Hall–Kier alpha value is -2.79. The normalized spacial score (nSPS) is 15.2. The SMILES string of the molecule is CCc1ccc2oc(C(=O)Nc3ccc(N4CCN(C)CC4)cc3)c(C)c2c1. The van der Waals surface area contributed by atoms with Crippen LogP contribution in [-0.2, 0) is 6.42 Å². The zero-order valence-electron chi connectivity index (χ0n) is 16.8. The smallest absolute Gasteiger partial charge is 0.291 e. The molecular formula is C23H27N3O2. The van der Waals surface area contributed by atoms with E-state index in [9.17, 15) is 4.79 Å². The van der Waals surface area contributed by atoms with E-state index in [1.165, 1.54) is 11.3 Å². The predicted molar refractivity (Wildman–Crippen MR) is 114 cm³/mol. The number of amides is 1. The highest BCUT2D eigenvalue weighted by Crippen LogP contribution is 2.27. The molecule has 28 heavy (non-hydrogen) atoms. The first-order valence-corrected chi connectivity index (χ1v) is 9.92. The van der Waals surface area contributed by atoms with Gasteiger partial charge in [-0.25, -0.2) is 0 Å². The lowest BCUT2D eigenvalue weighted by Crippen LogP contribution is -2.44. The van der Waals surface area contributed by atoms with Crippen LogP contribution in [0.2, 0.25) is 0 Å². The van der Waals surface area contributed by atoms with E-state index in [4.69, 9.17) is 4.42 Å². The number of carbonyl (C=O) groups is 1.